The van der Waals surface area contributed by atoms with Crippen LogP contribution >= 0.6 is 0 Å². The SMILES string of the molecule is CCNC(=NCc1ccccc1S(=O)(=O)N(C)C)N1CCC(c2ccccc2)C1. The summed E-state index contributed by atoms with van der Waals surface area (Å²) in [5.41, 5.74) is 2.06. The molecule has 0 spiro atoms. The van der Waals surface area contributed by atoms with E-state index in [4.69, 9.17) is 4.99 Å². The van der Waals surface area contributed by atoms with Crippen molar-refractivity contribution in [1.29, 1.82) is 0 Å². The first-order chi connectivity index (χ1) is 13.9. The van der Waals surface area contributed by atoms with Gasteiger partial charge in [0.25, 0.3) is 0 Å². The lowest BCUT2D eigenvalue weighted by atomic mass is 9.99. The summed E-state index contributed by atoms with van der Waals surface area (Å²) in [5.74, 6) is 1.32. The highest BCUT2D eigenvalue weighted by molar-refractivity contribution is 7.89. The molecule has 6 nitrogen and oxygen atoms in total. The van der Waals surface area contributed by atoms with Crippen molar-refractivity contribution in [1.82, 2.24) is 14.5 Å². The number of rotatable bonds is 6. The largest absolute Gasteiger partial charge is 0.357 e. The maximum Gasteiger partial charge on any atom is 0.242 e. The minimum atomic E-state index is -3.50. The van der Waals surface area contributed by atoms with Gasteiger partial charge in [-0.25, -0.2) is 17.7 Å². The number of hydrogen-bond acceptors (Lipinski definition) is 3. The Balaban J connectivity index is 1.79. The Hall–Kier alpha value is -2.38. The molecule has 7 heteroatoms. The first-order valence-electron chi connectivity index (χ1n) is 10.0. The van der Waals surface area contributed by atoms with Crippen LogP contribution in [0.1, 0.15) is 30.4 Å². The Labute approximate surface area is 174 Å². The van der Waals surface area contributed by atoms with Crippen molar-refractivity contribution in [2.24, 2.45) is 4.99 Å². The second-order valence-corrected chi connectivity index (χ2v) is 9.53. The molecule has 0 radical (unpaired) electrons. The third-order valence-corrected chi connectivity index (χ3v) is 7.14. The van der Waals surface area contributed by atoms with Crippen molar-refractivity contribution in [3.63, 3.8) is 0 Å². The summed E-state index contributed by atoms with van der Waals surface area (Å²) in [6, 6.07) is 17.7. The Morgan fingerprint density at radius 2 is 1.83 bits per heavy atom. The molecule has 1 saturated heterocycles. The number of hydrogen-bond donors (Lipinski definition) is 1. The molecule has 1 atom stereocenters. The van der Waals surface area contributed by atoms with Gasteiger partial charge in [0.2, 0.25) is 10.0 Å². The molecule has 0 saturated carbocycles. The van der Waals surface area contributed by atoms with Crippen LogP contribution < -0.4 is 5.32 Å². The van der Waals surface area contributed by atoms with E-state index in [-0.39, 0.29) is 0 Å². The van der Waals surface area contributed by atoms with Gasteiger partial charge in [-0.15, -0.1) is 0 Å². The molecule has 1 unspecified atom stereocenters. The Morgan fingerprint density at radius 1 is 1.14 bits per heavy atom. The van der Waals surface area contributed by atoms with E-state index in [1.165, 1.54) is 9.87 Å². The lowest BCUT2D eigenvalue weighted by Gasteiger charge is -2.22. The fourth-order valence-corrected chi connectivity index (χ4v) is 4.73. The van der Waals surface area contributed by atoms with E-state index in [1.54, 1.807) is 26.2 Å². The summed E-state index contributed by atoms with van der Waals surface area (Å²) in [6.07, 6.45) is 1.08. The number of likely N-dealkylation sites (tertiary alicyclic amines) is 1. The average molecular weight is 415 g/mol. The zero-order valence-corrected chi connectivity index (χ0v) is 18.2. The molecule has 2 aromatic rings. The maximum absolute atomic E-state index is 12.6. The Bertz CT molecular complexity index is 942. The Kier molecular flexibility index (Phi) is 6.92. The van der Waals surface area contributed by atoms with E-state index in [1.807, 2.05) is 25.1 Å². The number of nitrogens with zero attached hydrogens (tertiary/aromatic N) is 3. The third-order valence-electron chi connectivity index (χ3n) is 5.22. The van der Waals surface area contributed by atoms with Gasteiger partial charge in [0.05, 0.1) is 11.4 Å². The van der Waals surface area contributed by atoms with Crippen molar-refractivity contribution in [3.8, 4) is 0 Å². The summed E-state index contributed by atoms with van der Waals surface area (Å²) < 4.78 is 26.5. The quantitative estimate of drug-likeness (QED) is 0.583. The van der Waals surface area contributed by atoms with Gasteiger partial charge in [0, 0.05) is 39.6 Å². The molecule has 1 heterocycles. The fraction of sp³-hybridized carbons (Fsp3) is 0.409. The van der Waals surface area contributed by atoms with E-state index >= 15 is 0 Å². The lowest BCUT2D eigenvalue weighted by Crippen LogP contribution is -2.40. The van der Waals surface area contributed by atoms with Crippen LogP contribution in [0.3, 0.4) is 0 Å². The predicted octanol–water partition coefficient (Wildman–Crippen LogP) is 2.89. The molecule has 1 aliphatic heterocycles. The number of guanidine groups is 1. The van der Waals surface area contributed by atoms with E-state index in [0.29, 0.717) is 22.9 Å². The summed E-state index contributed by atoms with van der Waals surface area (Å²) in [6.45, 7) is 4.97. The molecule has 3 rings (SSSR count). The second kappa shape index (κ2) is 9.41. The molecular formula is C22H30N4O2S. The van der Waals surface area contributed by atoms with E-state index in [0.717, 1.165) is 32.0 Å². The standard InChI is InChI=1S/C22H30N4O2S/c1-4-23-22(26-15-14-20(17-26)18-10-6-5-7-11-18)24-16-19-12-8-9-13-21(19)29(27,28)25(2)3/h5-13,20H,4,14-17H2,1-3H3,(H,23,24). The lowest BCUT2D eigenvalue weighted by molar-refractivity contribution is 0.485. The van der Waals surface area contributed by atoms with E-state index < -0.39 is 10.0 Å². The van der Waals surface area contributed by atoms with Crippen LogP contribution in [-0.2, 0) is 16.6 Å². The fourth-order valence-electron chi connectivity index (χ4n) is 3.62. The summed E-state index contributed by atoms with van der Waals surface area (Å²) in [7, 11) is -0.403. The van der Waals surface area contributed by atoms with Crippen LogP contribution in [0.5, 0.6) is 0 Å². The van der Waals surface area contributed by atoms with Crippen LogP contribution in [0, 0.1) is 0 Å². The van der Waals surface area contributed by atoms with Gasteiger partial charge >= 0.3 is 0 Å². The van der Waals surface area contributed by atoms with Crippen LogP contribution in [0.2, 0.25) is 0 Å². The van der Waals surface area contributed by atoms with Gasteiger partial charge in [-0.1, -0.05) is 48.5 Å². The topological polar surface area (TPSA) is 65.0 Å². The van der Waals surface area contributed by atoms with Crippen LogP contribution in [0.25, 0.3) is 0 Å². The number of sulfonamides is 1. The first-order valence-corrected chi connectivity index (χ1v) is 11.5. The zero-order valence-electron chi connectivity index (χ0n) is 17.4. The Morgan fingerprint density at radius 3 is 2.52 bits per heavy atom. The number of aliphatic imine (C=N–C) groups is 1. The van der Waals surface area contributed by atoms with Gasteiger partial charge < -0.3 is 10.2 Å². The molecule has 1 N–H and O–H groups in total. The zero-order chi connectivity index (χ0) is 20.9. The summed E-state index contributed by atoms with van der Waals surface area (Å²) >= 11 is 0. The molecule has 1 fully saturated rings. The van der Waals surface area contributed by atoms with Gasteiger partial charge in [-0.05, 0) is 30.5 Å². The molecule has 0 aromatic heterocycles. The maximum atomic E-state index is 12.6. The van der Waals surface area contributed by atoms with Crippen LogP contribution in [0.4, 0.5) is 0 Å². The molecule has 2 aromatic carbocycles. The monoisotopic (exact) mass is 414 g/mol. The first kappa shape index (κ1) is 21.3. The molecule has 0 aliphatic carbocycles. The summed E-state index contributed by atoms with van der Waals surface area (Å²) in [5, 5.41) is 3.36. The third kappa shape index (κ3) is 4.97. The highest BCUT2D eigenvalue weighted by atomic mass is 32.2. The van der Waals surface area contributed by atoms with Crippen LogP contribution in [-0.4, -0.2) is 57.3 Å². The highest BCUT2D eigenvalue weighted by Gasteiger charge is 2.26. The van der Waals surface area contributed by atoms with Gasteiger partial charge in [0.15, 0.2) is 5.96 Å². The molecule has 29 heavy (non-hydrogen) atoms. The van der Waals surface area contributed by atoms with Crippen molar-refractivity contribution >= 4 is 16.0 Å². The van der Waals surface area contributed by atoms with Crippen molar-refractivity contribution in [2.45, 2.75) is 30.7 Å². The van der Waals surface area contributed by atoms with Crippen molar-refractivity contribution in [3.05, 3.63) is 65.7 Å². The van der Waals surface area contributed by atoms with Crippen LogP contribution in [0.15, 0.2) is 64.5 Å². The smallest absolute Gasteiger partial charge is 0.242 e. The van der Waals surface area contributed by atoms with Crippen molar-refractivity contribution < 1.29 is 8.42 Å². The number of nitrogens with one attached hydrogen (secondary N) is 1. The van der Waals surface area contributed by atoms with Gasteiger partial charge in [-0.2, -0.15) is 0 Å². The normalized spacial score (nSPS) is 17.7. The van der Waals surface area contributed by atoms with Gasteiger partial charge in [0.1, 0.15) is 0 Å². The molecule has 0 bridgehead atoms. The predicted molar refractivity (Wildman–Crippen MR) is 118 cm³/mol. The van der Waals surface area contributed by atoms with E-state index in [9.17, 15) is 8.42 Å². The minimum Gasteiger partial charge on any atom is -0.357 e. The second-order valence-electron chi connectivity index (χ2n) is 7.41. The molecule has 156 valence electrons. The van der Waals surface area contributed by atoms with Gasteiger partial charge in [-0.3, -0.25) is 0 Å². The minimum absolute atomic E-state index is 0.313. The molecule has 0 amide bonds. The van der Waals surface area contributed by atoms with E-state index in [2.05, 4.69) is 34.5 Å². The van der Waals surface area contributed by atoms with Crippen molar-refractivity contribution in [2.75, 3.05) is 33.7 Å². The molecular weight excluding hydrogens is 384 g/mol. The number of benzene rings is 2. The molecule has 1 aliphatic rings. The average Bonchev–Trinajstić information content (AvgIpc) is 3.22. The highest BCUT2D eigenvalue weighted by Crippen LogP contribution is 2.27. The summed E-state index contributed by atoms with van der Waals surface area (Å²) in [4.78, 5) is 7.36.